The molecule has 3 heteroatoms. The Hall–Kier alpha value is -0.120. The van der Waals surface area contributed by atoms with Crippen molar-refractivity contribution in [3.63, 3.8) is 0 Å². The molecule has 2 aliphatic heterocycles. The zero-order valence-electron chi connectivity index (χ0n) is 13.3. The number of nitrogens with zero attached hydrogens (tertiary/aromatic N) is 1. The lowest BCUT2D eigenvalue weighted by atomic mass is 9.92. The van der Waals surface area contributed by atoms with E-state index in [-0.39, 0.29) is 0 Å². The molecule has 3 aliphatic rings. The standard InChI is InChI=1S/C17H32N2O/c1-13(2)17-10-16(7-9-20-17)19(15-5-6-15)12-14-4-3-8-18-11-14/h13-18H,3-12H2,1-2H3. The van der Waals surface area contributed by atoms with Crippen LogP contribution < -0.4 is 5.32 Å². The molecular weight excluding hydrogens is 248 g/mol. The molecule has 0 aromatic rings. The Kier molecular flexibility index (Phi) is 5.00. The normalized spacial score (nSPS) is 35.7. The molecule has 116 valence electrons. The molecule has 0 bridgehead atoms. The number of hydrogen-bond donors (Lipinski definition) is 1. The first kappa shape index (κ1) is 14.8. The van der Waals surface area contributed by atoms with Crippen LogP contribution in [0.25, 0.3) is 0 Å². The number of piperidine rings is 1. The second kappa shape index (κ2) is 6.76. The van der Waals surface area contributed by atoms with Crippen LogP contribution in [-0.2, 0) is 4.74 Å². The van der Waals surface area contributed by atoms with Gasteiger partial charge >= 0.3 is 0 Å². The maximum atomic E-state index is 5.97. The Labute approximate surface area is 124 Å². The summed E-state index contributed by atoms with van der Waals surface area (Å²) in [5.41, 5.74) is 0. The third kappa shape index (κ3) is 3.75. The highest BCUT2D eigenvalue weighted by molar-refractivity contribution is 4.92. The number of hydrogen-bond acceptors (Lipinski definition) is 3. The van der Waals surface area contributed by atoms with Gasteiger partial charge in [-0.25, -0.2) is 0 Å². The van der Waals surface area contributed by atoms with Gasteiger partial charge in [0.1, 0.15) is 0 Å². The summed E-state index contributed by atoms with van der Waals surface area (Å²) in [6.07, 6.45) is 8.65. The fourth-order valence-electron chi connectivity index (χ4n) is 3.96. The number of rotatable bonds is 5. The minimum atomic E-state index is 0.486. The number of nitrogens with one attached hydrogen (secondary N) is 1. The van der Waals surface area contributed by atoms with E-state index >= 15 is 0 Å². The monoisotopic (exact) mass is 280 g/mol. The summed E-state index contributed by atoms with van der Waals surface area (Å²) in [6, 6.07) is 1.68. The average molecular weight is 280 g/mol. The van der Waals surface area contributed by atoms with Crippen molar-refractivity contribution in [1.82, 2.24) is 10.2 Å². The molecule has 1 N–H and O–H groups in total. The Morgan fingerprint density at radius 2 is 2.00 bits per heavy atom. The van der Waals surface area contributed by atoms with Crippen molar-refractivity contribution in [2.24, 2.45) is 11.8 Å². The van der Waals surface area contributed by atoms with E-state index in [2.05, 4.69) is 24.1 Å². The predicted molar refractivity (Wildman–Crippen MR) is 82.9 cm³/mol. The van der Waals surface area contributed by atoms with Crippen LogP contribution >= 0.6 is 0 Å². The SMILES string of the molecule is CC(C)C1CC(N(CC2CCCNC2)C2CC2)CCO1. The predicted octanol–water partition coefficient (Wildman–Crippen LogP) is 2.65. The molecule has 0 radical (unpaired) electrons. The molecule has 3 rings (SSSR count). The van der Waals surface area contributed by atoms with Gasteiger partial charge < -0.3 is 10.1 Å². The van der Waals surface area contributed by atoms with Crippen LogP contribution in [0.2, 0.25) is 0 Å². The molecular formula is C17H32N2O. The van der Waals surface area contributed by atoms with Gasteiger partial charge in [0.2, 0.25) is 0 Å². The van der Waals surface area contributed by atoms with E-state index in [4.69, 9.17) is 4.74 Å². The first-order valence-electron chi connectivity index (χ1n) is 8.82. The fourth-order valence-corrected chi connectivity index (χ4v) is 3.96. The van der Waals surface area contributed by atoms with Crippen LogP contribution in [0.15, 0.2) is 0 Å². The molecule has 3 atom stereocenters. The van der Waals surface area contributed by atoms with E-state index in [9.17, 15) is 0 Å². The lowest BCUT2D eigenvalue weighted by Gasteiger charge is -2.41. The summed E-state index contributed by atoms with van der Waals surface area (Å²) in [5.74, 6) is 1.54. The molecule has 20 heavy (non-hydrogen) atoms. The molecule has 3 fully saturated rings. The van der Waals surface area contributed by atoms with Gasteiger partial charge in [0.05, 0.1) is 6.10 Å². The van der Waals surface area contributed by atoms with Gasteiger partial charge in [0.25, 0.3) is 0 Å². The molecule has 1 aliphatic carbocycles. The third-order valence-corrected chi connectivity index (χ3v) is 5.38. The van der Waals surface area contributed by atoms with Crippen LogP contribution in [-0.4, -0.2) is 49.3 Å². The molecule has 1 saturated carbocycles. The Balaban J connectivity index is 1.58. The van der Waals surface area contributed by atoms with E-state index in [0.717, 1.165) is 24.6 Å². The highest BCUT2D eigenvalue weighted by Crippen LogP contribution is 2.34. The largest absolute Gasteiger partial charge is 0.378 e. The maximum Gasteiger partial charge on any atom is 0.0612 e. The van der Waals surface area contributed by atoms with Crippen molar-refractivity contribution in [2.45, 2.75) is 70.6 Å². The van der Waals surface area contributed by atoms with Gasteiger partial charge in [-0.05, 0) is 63.5 Å². The number of ether oxygens (including phenoxy) is 1. The molecule has 0 spiro atoms. The summed E-state index contributed by atoms with van der Waals surface area (Å²) in [5, 5.41) is 3.58. The van der Waals surface area contributed by atoms with E-state index in [1.54, 1.807) is 0 Å². The lowest BCUT2D eigenvalue weighted by molar-refractivity contribution is -0.0529. The molecule has 2 saturated heterocycles. The molecule has 3 unspecified atom stereocenters. The van der Waals surface area contributed by atoms with Crippen molar-refractivity contribution in [1.29, 1.82) is 0 Å². The van der Waals surface area contributed by atoms with Crippen molar-refractivity contribution in [3.05, 3.63) is 0 Å². The quantitative estimate of drug-likeness (QED) is 0.838. The first-order chi connectivity index (χ1) is 9.74. The van der Waals surface area contributed by atoms with Crippen molar-refractivity contribution >= 4 is 0 Å². The second-order valence-corrected chi connectivity index (χ2v) is 7.47. The second-order valence-electron chi connectivity index (χ2n) is 7.47. The minimum Gasteiger partial charge on any atom is -0.378 e. The molecule has 2 heterocycles. The maximum absolute atomic E-state index is 5.97. The minimum absolute atomic E-state index is 0.486. The Morgan fingerprint density at radius 1 is 1.15 bits per heavy atom. The van der Waals surface area contributed by atoms with Gasteiger partial charge in [-0.3, -0.25) is 4.90 Å². The van der Waals surface area contributed by atoms with Crippen molar-refractivity contribution in [2.75, 3.05) is 26.2 Å². The smallest absolute Gasteiger partial charge is 0.0612 e. The van der Waals surface area contributed by atoms with E-state index in [1.807, 2.05) is 0 Å². The van der Waals surface area contributed by atoms with Crippen LogP contribution in [0.3, 0.4) is 0 Å². The van der Waals surface area contributed by atoms with E-state index in [1.165, 1.54) is 58.2 Å². The molecule has 3 nitrogen and oxygen atoms in total. The van der Waals surface area contributed by atoms with Crippen LogP contribution in [0.4, 0.5) is 0 Å². The Bertz CT molecular complexity index is 297. The van der Waals surface area contributed by atoms with Crippen LogP contribution in [0.5, 0.6) is 0 Å². The van der Waals surface area contributed by atoms with Gasteiger partial charge in [-0.15, -0.1) is 0 Å². The highest BCUT2D eigenvalue weighted by atomic mass is 16.5. The van der Waals surface area contributed by atoms with Gasteiger partial charge in [0, 0.05) is 25.2 Å². The zero-order valence-corrected chi connectivity index (χ0v) is 13.3. The summed E-state index contributed by atoms with van der Waals surface area (Å²) < 4.78 is 5.97. The molecule has 0 amide bonds. The molecule has 0 aromatic heterocycles. The van der Waals surface area contributed by atoms with Gasteiger partial charge in [-0.1, -0.05) is 13.8 Å². The highest BCUT2D eigenvalue weighted by Gasteiger charge is 2.38. The van der Waals surface area contributed by atoms with Crippen LogP contribution in [0, 0.1) is 11.8 Å². The van der Waals surface area contributed by atoms with Gasteiger partial charge in [0.15, 0.2) is 0 Å². The lowest BCUT2D eigenvalue weighted by Crippen LogP contribution is -2.48. The average Bonchev–Trinajstić information content (AvgIpc) is 3.30. The fraction of sp³-hybridized carbons (Fsp3) is 1.00. The summed E-state index contributed by atoms with van der Waals surface area (Å²) in [4.78, 5) is 2.87. The first-order valence-corrected chi connectivity index (χ1v) is 8.82. The topological polar surface area (TPSA) is 24.5 Å². The van der Waals surface area contributed by atoms with Crippen molar-refractivity contribution < 1.29 is 4.74 Å². The molecule has 0 aromatic carbocycles. The zero-order chi connectivity index (χ0) is 13.9. The van der Waals surface area contributed by atoms with Crippen LogP contribution in [0.1, 0.15) is 52.4 Å². The van der Waals surface area contributed by atoms with E-state index < -0.39 is 0 Å². The Morgan fingerprint density at radius 3 is 2.65 bits per heavy atom. The van der Waals surface area contributed by atoms with E-state index in [0.29, 0.717) is 12.0 Å². The van der Waals surface area contributed by atoms with Crippen molar-refractivity contribution in [3.8, 4) is 0 Å². The summed E-state index contributed by atoms with van der Waals surface area (Å²) >= 11 is 0. The van der Waals surface area contributed by atoms with Gasteiger partial charge in [-0.2, -0.15) is 0 Å². The summed E-state index contributed by atoms with van der Waals surface area (Å²) in [6.45, 7) is 9.37. The third-order valence-electron chi connectivity index (χ3n) is 5.38. The summed E-state index contributed by atoms with van der Waals surface area (Å²) in [7, 11) is 0.